The van der Waals surface area contributed by atoms with E-state index in [9.17, 15) is 8.42 Å². The Morgan fingerprint density at radius 2 is 2.05 bits per heavy atom. The van der Waals surface area contributed by atoms with E-state index in [2.05, 4.69) is 27.2 Å². The Kier molecular flexibility index (Phi) is 6.64. The summed E-state index contributed by atoms with van der Waals surface area (Å²) >= 11 is 0. The molecule has 1 heterocycles. The molecule has 2 atom stereocenters. The molecule has 0 aliphatic rings. The summed E-state index contributed by atoms with van der Waals surface area (Å²) in [7, 11) is -3.55. The summed E-state index contributed by atoms with van der Waals surface area (Å²) in [5, 5.41) is 9.80. The first-order valence-electron chi connectivity index (χ1n) is 7.17. The van der Waals surface area contributed by atoms with E-state index in [-0.39, 0.29) is 17.0 Å². The van der Waals surface area contributed by atoms with Crippen molar-refractivity contribution in [3.8, 4) is 0 Å². The normalized spacial score (nSPS) is 15.2. The predicted molar refractivity (Wildman–Crippen MR) is 79.8 cm³/mol. The first-order chi connectivity index (χ1) is 9.42. The highest BCUT2D eigenvalue weighted by atomic mass is 32.2. The number of aromatic amines is 1. The standard InChI is InChI=1S/C13H26N4O2S/c1-5-7-14-8-12-9-15-16-13(12)20(18,19)17-11(4)10(3)6-2/h9-11,14,17H,5-8H2,1-4H3,(H,15,16). The highest BCUT2D eigenvalue weighted by Gasteiger charge is 2.24. The van der Waals surface area contributed by atoms with Gasteiger partial charge in [0.05, 0.1) is 6.20 Å². The molecule has 1 aromatic heterocycles. The maximum atomic E-state index is 12.4. The van der Waals surface area contributed by atoms with Crippen molar-refractivity contribution >= 4 is 10.0 Å². The van der Waals surface area contributed by atoms with Crippen molar-refractivity contribution in [1.82, 2.24) is 20.2 Å². The van der Waals surface area contributed by atoms with E-state index >= 15 is 0 Å². The Hall–Kier alpha value is -0.920. The van der Waals surface area contributed by atoms with Crippen molar-refractivity contribution in [1.29, 1.82) is 0 Å². The smallest absolute Gasteiger partial charge is 0.258 e. The molecule has 0 fully saturated rings. The number of rotatable bonds is 9. The Morgan fingerprint density at radius 1 is 1.35 bits per heavy atom. The highest BCUT2D eigenvalue weighted by Crippen LogP contribution is 2.15. The van der Waals surface area contributed by atoms with Crippen molar-refractivity contribution in [3.63, 3.8) is 0 Å². The molecule has 1 rings (SSSR count). The molecule has 0 saturated carbocycles. The van der Waals surface area contributed by atoms with E-state index in [1.807, 2.05) is 20.8 Å². The van der Waals surface area contributed by atoms with E-state index in [0.717, 1.165) is 19.4 Å². The van der Waals surface area contributed by atoms with Gasteiger partial charge in [0.2, 0.25) is 0 Å². The molecular formula is C13H26N4O2S. The molecule has 1 aromatic rings. The number of nitrogens with zero attached hydrogens (tertiary/aromatic N) is 1. The zero-order valence-electron chi connectivity index (χ0n) is 12.7. The molecule has 7 heteroatoms. The molecule has 116 valence electrons. The Labute approximate surface area is 121 Å². The van der Waals surface area contributed by atoms with E-state index in [0.29, 0.717) is 12.1 Å². The quantitative estimate of drug-likeness (QED) is 0.605. The van der Waals surface area contributed by atoms with E-state index in [4.69, 9.17) is 0 Å². The van der Waals surface area contributed by atoms with Crippen LogP contribution in [0.15, 0.2) is 11.2 Å². The number of aromatic nitrogens is 2. The van der Waals surface area contributed by atoms with Crippen LogP contribution in [-0.4, -0.2) is 31.2 Å². The molecule has 0 saturated heterocycles. The number of hydrogen-bond donors (Lipinski definition) is 3. The minimum Gasteiger partial charge on any atom is -0.313 e. The van der Waals surface area contributed by atoms with Gasteiger partial charge in [-0.15, -0.1) is 0 Å². The van der Waals surface area contributed by atoms with Crippen molar-refractivity contribution in [2.24, 2.45) is 5.92 Å². The summed E-state index contributed by atoms with van der Waals surface area (Å²) in [4.78, 5) is 0. The monoisotopic (exact) mass is 302 g/mol. The van der Waals surface area contributed by atoms with Gasteiger partial charge in [-0.1, -0.05) is 27.2 Å². The van der Waals surface area contributed by atoms with Crippen molar-refractivity contribution < 1.29 is 8.42 Å². The summed E-state index contributed by atoms with van der Waals surface area (Å²) in [6.45, 7) is 9.38. The lowest BCUT2D eigenvalue weighted by molar-refractivity contribution is 0.433. The summed E-state index contributed by atoms with van der Waals surface area (Å²) in [6, 6.07) is -0.107. The first-order valence-corrected chi connectivity index (χ1v) is 8.66. The maximum Gasteiger partial charge on any atom is 0.258 e. The van der Waals surface area contributed by atoms with E-state index in [1.54, 1.807) is 6.20 Å². The fraction of sp³-hybridized carbons (Fsp3) is 0.769. The van der Waals surface area contributed by atoms with Crippen molar-refractivity contribution in [2.45, 2.75) is 58.1 Å². The van der Waals surface area contributed by atoms with Crippen LogP contribution >= 0.6 is 0 Å². The topological polar surface area (TPSA) is 86.9 Å². The predicted octanol–water partition coefficient (Wildman–Crippen LogP) is 1.62. The summed E-state index contributed by atoms with van der Waals surface area (Å²) in [6.07, 6.45) is 3.49. The molecule has 0 radical (unpaired) electrons. The molecule has 20 heavy (non-hydrogen) atoms. The van der Waals surface area contributed by atoms with Crippen LogP contribution in [0.1, 0.15) is 46.1 Å². The lowest BCUT2D eigenvalue weighted by Gasteiger charge is -2.19. The summed E-state index contributed by atoms with van der Waals surface area (Å²) < 4.78 is 27.4. The molecule has 3 N–H and O–H groups in total. The molecule has 0 aliphatic carbocycles. The molecule has 0 amide bonds. The molecule has 0 aromatic carbocycles. The van der Waals surface area contributed by atoms with Gasteiger partial charge in [-0.3, -0.25) is 5.10 Å². The summed E-state index contributed by atoms with van der Waals surface area (Å²) in [5.41, 5.74) is 0.669. The number of H-pyrrole nitrogens is 1. The SMILES string of the molecule is CCCNCc1cn[nH]c1S(=O)(=O)NC(C)C(C)CC. The average Bonchev–Trinajstić information content (AvgIpc) is 2.87. The lowest BCUT2D eigenvalue weighted by atomic mass is 10.0. The maximum absolute atomic E-state index is 12.4. The van der Waals surface area contributed by atoms with Crippen LogP contribution in [0.3, 0.4) is 0 Å². The van der Waals surface area contributed by atoms with Crippen LogP contribution in [0, 0.1) is 5.92 Å². The Bertz CT molecular complexity index is 498. The van der Waals surface area contributed by atoms with Gasteiger partial charge in [0.15, 0.2) is 5.03 Å². The van der Waals surface area contributed by atoms with Gasteiger partial charge < -0.3 is 5.32 Å². The van der Waals surface area contributed by atoms with E-state index < -0.39 is 10.0 Å². The minimum absolute atomic E-state index is 0.107. The van der Waals surface area contributed by atoms with Crippen LogP contribution in [-0.2, 0) is 16.6 Å². The van der Waals surface area contributed by atoms with Gasteiger partial charge in [0.1, 0.15) is 0 Å². The lowest BCUT2D eigenvalue weighted by Crippen LogP contribution is -2.37. The van der Waals surface area contributed by atoms with Crippen LogP contribution in [0.5, 0.6) is 0 Å². The Morgan fingerprint density at radius 3 is 2.65 bits per heavy atom. The second-order valence-electron chi connectivity index (χ2n) is 5.20. The molecular weight excluding hydrogens is 276 g/mol. The third-order valence-electron chi connectivity index (χ3n) is 3.53. The molecule has 0 bridgehead atoms. The van der Waals surface area contributed by atoms with Crippen LogP contribution in [0.25, 0.3) is 0 Å². The molecule has 6 nitrogen and oxygen atoms in total. The van der Waals surface area contributed by atoms with Gasteiger partial charge in [0, 0.05) is 18.2 Å². The van der Waals surface area contributed by atoms with Crippen molar-refractivity contribution in [2.75, 3.05) is 6.54 Å². The largest absolute Gasteiger partial charge is 0.313 e. The second kappa shape index (κ2) is 7.75. The van der Waals surface area contributed by atoms with Crippen LogP contribution < -0.4 is 10.0 Å². The number of nitrogens with one attached hydrogen (secondary N) is 3. The zero-order chi connectivity index (χ0) is 15.2. The number of hydrogen-bond acceptors (Lipinski definition) is 4. The molecule has 2 unspecified atom stereocenters. The average molecular weight is 302 g/mol. The Balaban J connectivity index is 2.80. The molecule has 0 spiro atoms. The fourth-order valence-electron chi connectivity index (χ4n) is 1.83. The van der Waals surface area contributed by atoms with Gasteiger partial charge in [-0.25, -0.2) is 13.1 Å². The fourth-order valence-corrected chi connectivity index (χ4v) is 3.31. The zero-order valence-corrected chi connectivity index (χ0v) is 13.5. The number of sulfonamides is 1. The van der Waals surface area contributed by atoms with Crippen LogP contribution in [0.2, 0.25) is 0 Å². The second-order valence-corrected chi connectivity index (χ2v) is 6.85. The minimum atomic E-state index is -3.55. The van der Waals surface area contributed by atoms with Gasteiger partial charge >= 0.3 is 0 Å². The van der Waals surface area contributed by atoms with Crippen molar-refractivity contribution in [3.05, 3.63) is 11.8 Å². The highest BCUT2D eigenvalue weighted by molar-refractivity contribution is 7.89. The molecule has 0 aliphatic heterocycles. The third kappa shape index (κ3) is 4.57. The van der Waals surface area contributed by atoms with Crippen LogP contribution in [0.4, 0.5) is 0 Å². The van der Waals surface area contributed by atoms with E-state index in [1.165, 1.54) is 0 Å². The summed E-state index contributed by atoms with van der Waals surface area (Å²) in [5.74, 6) is 0.286. The first kappa shape index (κ1) is 17.1. The van der Waals surface area contributed by atoms with Gasteiger partial charge in [0.25, 0.3) is 10.0 Å². The van der Waals surface area contributed by atoms with Gasteiger partial charge in [-0.2, -0.15) is 5.10 Å². The third-order valence-corrected chi connectivity index (χ3v) is 5.10. The van der Waals surface area contributed by atoms with Gasteiger partial charge in [-0.05, 0) is 25.8 Å².